The number of halogens is 3. The highest BCUT2D eigenvalue weighted by Crippen LogP contribution is 2.35. The van der Waals surface area contributed by atoms with Gasteiger partial charge in [0.15, 0.2) is 0 Å². The summed E-state index contributed by atoms with van der Waals surface area (Å²) in [6.45, 7) is 0. The SMILES string of the molecule is CN1c2ccccc2C(NC2=C3C=C(C(F)(F)F)C=CC3NN2)=NC1c1ccccc1. The Morgan fingerprint density at radius 1 is 1.03 bits per heavy atom. The van der Waals surface area contributed by atoms with Gasteiger partial charge in [-0.05, 0) is 23.8 Å². The average molecular weight is 423 g/mol. The summed E-state index contributed by atoms with van der Waals surface area (Å²) in [6, 6.07) is 17.4. The van der Waals surface area contributed by atoms with Crippen molar-refractivity contribution in [2.75, 3.05) is 11.9 Å². The van der Waals surface area contributed by atoms with Crippen LogP contribution in [0.25, 0.3) is 0 Å². The molecule has 0 spiro atoms. The maximum atomic E-state index is 13.2. The van der Waals surface area contributed by atoms with Gasteiger partial charge in [0.2, 0.25) is 0 Å². The summed E-state index contributed by atoms with van der Waals surface area (Å²) in [5, 5.41) is 3.25. The van der Waals surface area contributed by atoms with Gasteiger partial charge in [0.25, 0.3) is 0 Å². The largest absolute Gasteiger partial charge is 0.416 e. The number of alkyl halides is 3. The van der Waals surface area contributed by atoms with Crippen LogP contribution in [-0.2, 0) is 0 Å². The third-order valence-electron chi connectivity index (χ3n) is 5.58. The van der Waals surface area contributed by atoms with Gasteiger partial charge in [-0.25, -0.2) is 10.4 Å². The second-order valence-corrected chi connectivity index (χ2v) is 7.55. The number of benzene rings is 2. The number of fused-ring (bicyclic) bond motifs is 2. The van der Waals surface area contributed by atoms with Crippen LogP contribution in [0.15, 0.2) is 94.8 Å². The molecule has 1 aliphatic carbocycles. The summed E-state index contributed by atoms with van der Waals surface area (Å²) in [5.74, 6) is 1.05. The van der Waals surface area contributed by atoms with Crippen molar-refractivity contribution in [1.29, 1.82) is 0 Å². The molecule has 8 heteroatoms. The number of rotatable bonds is 2. The van der Waals surface area contributed by atoms with E-state index in [0.717, 1.165) is 29.0 Å². The van der Waals surface area contributed by atoms with E-state index >= 15 is 0 Å². The molecule has 0 bridgehead atoms. The predicted molar refractivity (Wildman–Crippen MR) is 114 cm³/mol. The second kappa shape index (κ2) is 7.31. The van der Waals surface area contributed by atoms with Crippen LogP contribution in [0.5, 0.6) is 0 Å². The van der Waals surface area contributed by atoms with Crippen LogP contribution in [0.1, 0.15) is 17.3 Å². The quantitative estimate of drug-likeness (QED) is 0.686. The zero-order valence-electron chi connectivity index (χ0n) is 16.6. The van der Waals surface area contributed by atoms with E-state index in [1.54, 1.807) is 0 Å². The van der Waals surface area contributed by atoms with E-state index in [0.29, 0.717) is 17.2 Å². The van der Waals surface area contributed by atoms with Crippen molar-refractivity contribution in [3.8, 4) is 0 Å². The van der Waals surface area contributed by atoms with Gasteiger partial charge in [-0.15, -0.1) is 0 Å². The Kier molecular flexibility index (Phi) is 4.59. The molecule has 3 N–H and O–H groups in total. The molecule has 0 radical (unpaired) electrons. The first-order valence-electron chi connectivity index (χ1n) is 9.86. The monoisotopic (exact) mass is 423 g/mol. The highest BCUT2D eigenvalue weighted by Gasteiger charge is 2.36. The molecule has 2 atom stereocenters. The molecule has 2 unspecified atom stereocenters. The smallest absolute Gasteiger partial charge is 0.348 e. The van der Waals surface area contributed by atoms with Crippen molar-refractivity contribution in [1.82, 2.24) is 16.2 Å². The van der Waals surface area contributed by atoms with Crippen LogP contribution < -0.4 is 21.1 Å². The van der Waals surface area contributed by atoms with Crippen LogP contribution in [0, 0.1) is 0 Å². The molecular formula is C23H20F3N5. The molecule has 2 aliphatic heterocycles. The predicted octanol–water partition coefficient (Wildman–Crippen LogP) is 3.92. The third kappa shape index (κ3) is 3.48. The first-order valence-corrected chi connectivity index (χ1v) is 9.86. The summed E-state index contributed by atoms with van der Waals surface area (Å²) in [7, 11) is 1.98. The highest BCUT2D eigenvalue weighted by molar-refractivity contribution is 6.06. The number of hydrogen-bond acceptors (Lipinski definition) is 5. The Hall–Kier alpha value is -3.52. The van der Waals surface area contributed by atoms with Crippen molar-refractivity contribution in [3.05, 3.63) is 101 Å². The lowest BCUT2D eigenvalue weighted by molar-refractivity contribution is -0.0883. The summed E-state index contributed by atoms with van der Waals surface area (Å²) >= 11 is 0. The standard InChI is InChI=1S/C23H20F3N5/c1-31-19-10-6-5-9-16(19)20(28-22(31)14-7-3-2-4-8-14)27-21-17-13-15(23(24,25)26)11-12-18(17)29-30-21/h2-13,18,22,29-30H,1H3,(H,27,28). The first-order chi connectivity index (χ1) is 14.9. The number of para-hydroxylation sites is 1. The molecule has 158 valence electrons. The average Bonchev–Trinajstić information content (AvgIpc) is 3.18. The summed E-state index contributed by atoms with van der Waals surface area (Å²) in [5.41, 5.74) is 8.66. The van der Waals surface area contributed by atoms with Crippen molar-refractivity contribution in [2.24, 2.45) is 4.99 Å². The number of hydrogen-bond donors (Lipinski definition) is 3. The number of anilines is 1. The van der Waals surface area contributed by atoms with Crippen molar-refractivity contribution < 1.29 is 13.2 Å². The first kappa shape index (κ1) is 19.4. The van der Waals surface area contributed by atoms with Gasteiger partial charge in [-0.1, -0.05) is 54.6 Å². The fraction of sp³-hybridized carbons (Fsp3) is 0.174. The number of nitrogens with zero attached hydrogens (tertiary/aromatic N) is 2. The Labute approximate surface area is 177 Å². The van der Waals surface area contributed by atoms with Gasteiger partial charge in [0, 0.05) is 23.9 Å². The van der Waals surface area contributed by atoms with Crippen molar-refractivity contribution in [3.63, 3.8) is 0 Å². The van der Waals surface area contributed by atoms with Crippen LogP contribution in [0.4, 0.5) is 18.9 Å². The second-order valence-electron chi connectivity index (χ2n) is 7.55. The highest BCUT2D eigenvalue weighted by atomic mass is 19.4. The van der Waals surface area contributed by atoms with E-state index < -0.39 is 11.7 Å². The van der Waals surface area contributed by atoms with E-state index in [1.165, 1.54) is 6.08 Å². The number of aliphatic imine (C=N–C) groups is 1. The van der Waals surface area contributed by atoms with Gasteiger partial charge in [-0.2, -0.15) is 13.2 Å². The Balaban J connectivity index is 1.56. The Morgan fingerprint density at radius 3 is 2.55 bits per heavy atom. The summed E-state index contributed by atoms with van der Waals surface area (Å²) < 4.78 is 39.7. The van der Waals surface area contributed by atoms with Crippen molar-refractivity contribution in [2.45, 2.75) is 18.4 Å². The zero-order valence-corrected chi connectivity index (χ0v) is 16.6. The minimum atomic E-state index is -4.40. The minimum absolute atomic E-state index is 0.262. The van der Waals surface area contributed by atoms with Gasteiger partial charge in [-0.3, -0.25) is 0 Å². The minimum Gasteiger partial charge on any atom is -0.348 e. The van der Waals surface area contributed by atoms with E-state index in [9.17, 15) is 13.2 Å². The number of allylic oxidation sites excluding steroid dienone is 2. The lowest BCUT2D eigenvalue weighted by Gasteiger charge is -2.34. The molecule has 0 saturated carbocycles. The zero-order chi connectivity index (χ0) is 21.6. The van der Waals surface area contributed by atoms with Crippen LogP contribution in [-0.4, -0.2) is 25.1 Å². The van der Waals surface area contributed by atoms with E-state index in [-0.39, 0.29) is 12.2 Å². The van der Waals surface area contributed by atoms with Crippen LogP contribution in [0.3, 0.4) is 0 Å². The fourth-order valence-electron chi connectivity index (χ4n) is 4.00. The molecule has 3 aliphatic rings. The Morgan fingerprint density at radius 2 is 1.77 bits per heavy atom. The fourth-order valence-corrected chi connectivity index (χ4v) is 4.00. The number of amidine groups is 1. The molecule has 0 fully saturated rings. The Bertz CT molecular complexity index is 1130. The lowest BCUT2D eigenvalue weighted by Crippen LogP contribution is -2.39. The molecule has 0 amide bonds. The molecule has 31 heavy (non-hydrogen) atoms. The topological polar surface area (TPSA) is 51.7 Å². The van der Waals surface area contributed by atoms with Crippen LogP contribution >= 0.6 is 0 Å². The van der Waals surface area contributed by atoms with Gasteiger partial charge >= 0.3 is 6.18 Å². The molecule has 2 heterocycles. The number of nitrogens with one attached hydrogen (secondary N) is 3. The maximum absolute atomic E-state index is 13.2. The lowest BCUT2D eigenvalue weighted by atomic mass is 9.98. The van der Waals surface area contributed by atoms with E-state index in [1.807, 2.05) is 61.6 Å². The van der Waals surface area contributed by atoms with Gasteiger partial charge in [0.1, 0.15) is 17.8 Å². The molecule has 5 rings (SSSR count). The molecule has 2 aromatic rings. The normalized spacial score (nSPS) is 22.4. The van der Waals surface area contributed by atoms with Gasteiger partial charge < -0.3 is 15.6 Å². The maximum Gasteiger partial charge on any atom is 0.416 e. The van der Waals surface area contributed by atoms with E-state index in [2.05, 4.69) is 21.1 Å². The van der Waals surface area contributed by atoms with Gasteiger partial charge in [0.05, 0.1) is 11.6 Å². The molecule has 2 aromatic carbocycles. The van der Waals surface area contributed by atoms with Crippen LogP contribution in [0.2, 0.25) is 0 Å². The summed E-state index contributed by atoms with van der Waals surface area (Å²) in [6.07, 6.45) is -0.910. The molecule has 5 nitrogen and oxygen atoms in total. The van der Waals surface area contributed by atoms with Crippen molar-refractivity contribution >= 4 is 11.5 Å². The summed E-state index contributed by atoms with van der Waals surface area (Å²) in [4.78, 5) is 7.00. The molecule has 0 aromatic heterocycles. The molecular weight excluding hydrogens is 403 g/mol. The van der Waals surface area contributed by atoms with E-state index in [4.69, 9.17) is 4.99 Å². The third-order valence-corrected chi connectivity index (χ3v) is 5.58. The molecule has 0 saturated heterocycles. The number of hydrazine groups is 1.